The number of hydrogen-bond acceptors (Lipinski definition) is 7. The zero-order valence-electron chi connectivity index (χ0n) is 14.2. The summed E-state index contributed by atoms with van der Waals surface area (Å²) in [7, 11) is 1.28. The molecule has 0 unspecified atom stereocenters. The first-order valence-corrected chi connectivity index (χ1v) is 8.53. The zero-order chi connectivity index (χ0) is 18.4. The topological polar surface area (TPSA) is 82.1 Å². The minimum absolute atomic E-state index is 0.231. The number of benzene rings is 1. The summed E-state index contributed by atoms with van der Waals surface area (Å²) >= 11 is 0.907. The van der Waals surface area contributed by atoms with Crippen LogP contribution in [0.15, 0.2) is 23.1 Å². The van der Waals surface area contributed by atoms with Crippen molar-refractivity contribution in [1.82, 2.24) is 4.90 Å². The van der Waals surface area contributed by atoms with Crippen LogP contribution in [0.5, 0.6) is 11.5 Å². The molecule has 1 aliphatic heterocycles. The lowest BCUT2D eigenvalue weighted by Crippen LogP contribution is -2.27. The van der Waals surface area contributed by atoms with E-state index < -0.39 is 5.97 Å². The Bertz CT molecular complexity index is 715. The molecular formula is C17H19NO6S. The van der Waals surface area contributed by atoms with Gasteiger partial charge in [-0.15, -0.1) is 0 Å². The Morgan fingerprint density at radius 3 is 2.56 bits per heavy atom. The first-order valence-electron chi connectivity index (χ1n) is 7.72. The number of methoxy groups -OCH3 is 1. The van der Waals surface area contributed by atoms with E-state index in [1.54, 1.807) is 31.2 Å². The maximum atomic E-state index is 12.1. The Hall–Kier alpha value is -2.48. The van der Waals surface area contributed by atoms with Crippen LogP contribution in [0, 0.1) is 0 Å². The van der Waals surface area contributed by atoms with Gasteiger partial charge in [-0.1, -0.05) is 6.07 Å². The van der Waals surface area contributed by atoms with Gasteiger partial charge in [0.05, 0.1) is 18.6 Å². The van der Waals surface area contributed by atoms with Crippen LogP contribution in [0.3, 0.4) is 0 Å². The lowest BCUT2D eigenvalue weighted by molar-refractivity contribution is -0.142. The number of carbonyl (C=O) groups is 3. The van der Waals surface area contributed by atoms with Gasteiger partial charge >= 0.3 is 5.97 Å². The molecule has 1 aromatic carbocycles. The SMILES string of the molecule is CCOc1cc(/C=C2/SC(=O)N(CC)C2=O)ccc1OCC(=O)OC. The van der Waals surface area contributed by atoms with E-state index in [-0.39, 0.29) is 17.8 Å². The van der Waals surface area contributed by atoms with Gasteiger partial charge < -0.3 is 14.2 Å². The highest BCUT2D eigenvalue weighted by atomic mass is 32.2. The molecule has 1 heterocycles. The molecular weight excluding hydrogens is 346 g/mol. The largest absolute Gasteiger partial charge is 0.490 e. The van der Waals surface area contributed by atoms with Gasteiger partial charge in [0, 0.05) is 6.54 Å². The maximum Gasteiger partial charge on any atom is 0.343 e. The molecule has 1 fully saturated rings. The van der Waals surface area contributed by atoms with E-state index in [2.05, 4.69) is 4.74 Å². The van der Waals surface area contributed by atoms with E-state index in [4.69, 9.17) is 9.47 Å². The zero-order valence-corrected chi connectivity index (χ0v) is 15.1. The average Bonchev–Trinajstić information content (AvgIpc) is 2.87. The number of likely N-dealkylation sites (N-methyl/N-ethyl adjacent to an activating group) is 1. The van der Waals surface area contributed by atoms with Crippen molar-refractivity contribution in [2.75, 3.05) is 26.9 Å². The summed E-state index contributed by atoms with van der Waals surface area (Å²) in [5.41, 5.74) is 0.690. The van der Waals surface area contributed by atoms with Crippen LogP contribution in [0.25, 0.3) is 6.08 Å². The molecule has 2 amide bonds. The van der Waals surface area contributed by atoms with Crippen molar-refractivity contribution in [3.05, 3.63) is 28.7 Å². The van der Waals surface area contributed by atoms with Gasteiger partial charge in [0.15, 0.2) is 18.1 Å². The predicted octanol–water partition coefficient (Wildman–Crippen LogP) is 2.69. The average molecular weight is 365 g/mol. The third kappa shape index (κ3) is 4.54. The first kappa shape index (κ1) is 18.9. The Morgan fingerprint density at radius 1 is 1.20 bits per heavy atom. The molecule has 134 valence electrons. The van der Waals surface area contributed by atoms with Crippen molar-refractivity contribution in [1.29, 1.82) is 0 Å². The second kappa shape index (κ2) is 8.57. The Kier molecular flexibility index (Phi) is 6.46. The normalized spacial score (nSPS) is 15.6. The van der Waals surface area contributed by atoms with E-state index in [0.29, 0.717) is 35.1 Å². The van der Waals surface area contributed by atoms with Crippen LogP contribution < -0.4 is 9.47 Å². The number of imide groups is 1. The highest BCUT2D eigenvalue weighted by molar-refractivity contribution is 8.18. The molecule has 0 bridgehead atoms. The van der Waals surface area contributed by atoms with Crippen molar-refractivity contribution < 1.29 is 28.6 Å². The lowest BCUT2D eigenvalue weighted by Gasteiger charge is -2.12. The second-order valence-electron chi connectivity index (χ2n) is 4.93. The highest BCUT2D eigenvalue weighted by Gasteiger charge is 2.33. The van der Waals surface area contributed by atoms with Crippen molar-refractivity contribution in [3.63, 3.8) is 0 Å². The van der Waals surface area contributed by atoms with Crippen LogP contribution >= 0.6 is 11.8 Å². The van der Waals surface area contributed by atoms with E-state index >= 15 is 0 Å². The molecule has 25 heavy (non-hydrogen) atoms. The van der Waals surface area contributed by atoms with Crippen LogP contribution in [0.1, 0.15) is 19.4 Å². The van der Waals surface area contributed by atoms with Crippen LogP contribution in [0.2, 0.25) is 0 Å². The molecule has 0 aromatic heterocycles. The number of carbonyl (C=O) groups excluding carboxylic acids is 3. The van der Waals surface area contributed by atoms with E-state index in [1.807, 2.05) is 6.92 Å². The molecule has 0 aliphatic carbocycles. The van der Waals surface area contributed by atoms with Crippen LogP contribution in [0.4, 0.5) is 4.79 Å². The van der Waals surface area contributed by atoms with Gasteiger partial charge in [-0.25, -0.2) is 4.79 Å². The minimum atomic E-state index is -0.500. The lowest BCUT2D eigenvalue weighted by atomic mass is 10.2. The van der Waals surface area contributed by atoms with Gasteiger partial charge in [-0.2, -0.15) is 0 Å². The van der Waals surface area contributed by atoms with Gasteiger partial charge in [-0.05, 0) is 49.4 Å². The summed E-state index contributed by atoms with van der Waals surface area (Å²) in [6, 6.07) is 5.05. The number of nitrogens with zero attached hydrogens (tertiary/aromatic N) is 1. The summed E-state index contributed by atoms with van der Waals surface area (Å²) in [6.45, 7) is 4.09. The fourth-order valence-electron chi connectivity index (χ4n) is 2.12. The summed E-state index contributed by atoms with van der Waals surface area (Å²) < 4.78 is 15.4. The fourth-order valence-corrected chi connectivity index (χ4v) is 3.02. The number of hydrogen-bond donors (Lipinski definition) is 0. The molecule has 1 aromatic rings. The van der Waals surface area contributed by atoms with Crippen molar-refractivity contribution in [2.45, 2.75) is 13.8 Å². The number of amides is 2. The standard InChI is InChI=1S/C17H19NO6S/c1-4-18-16(20)14(25-17(18)21)9-11-6-7-12(13(8-11)23-5-2)24-10-15(19)22-3/h6-9H,4-5,10H2,1-3H3/b14-9+. The highest BCUT2D eigenvalue weighted by Crippen LogP contribution is 2.34. The molecule has 0 atom stereocenters. The van der Waals surface area contributed by atoms with Gasteiger partial charge in [0.2, 0.25) is 0 Å². The number of thioether (sulfide) groups is 1. The summed E-state index contributed by atoms with van der Waals surface area (Å²) in [6.07, 6.45) is 1.63. The third-order valence-corrected chi connectivity index (χ3v) is 4.24. The van der Waals surface area contributed by atoms with Crippen LogP contribution in [-0.2, 0) is 14.3 Å². The summed E-state index contributed by atoms with van der Waals surface area (Å²) in [5, 5.41) is -0.276. The van der Waals surface area contributed by atoms with Gasteiger partial charge in [-0.3, -0.25) is 14.5 Å². The molecule has 0 N–H and O–H groups in total. The third-order valence-electron chi connectivity index (χ3n) is 3.33. The van der Waals surface area contributed by atoms with Crippen LogP contribution in [-0.4, -0.2) is 48.9 Å². The number of ether oxygens (including phenoxy) is 3. The smallest absolute Gasteiger partial charge is 0.343 e. The molecule has 7 nitrogen and oxygen atoms in total. The Labute approximate surface area is 149 Å². The second-order valence-corrected chi connectivity index (χ2v) is 5.92. The number of rotatable bonds is 7. The summed E-state index contributed by atoms with van der Waals surface area (Å²) in [5.74, 6) is 0.0298. The molecule has 1 saturated heterocycles. The minimum Gasteiger partial charge on any atom is -0.490 e. The quantitative estimate of drug-likeness (QED) is 0.543. The Balaban J connectivity index is 2.23. The summed E-state index contributed by atoms with van der Waals surface area (Å²) in [4.78, 5) is 36.7. The van der Waals surface area contributed by atoms with Crippen molar-refractivity contribution >= 4 is 35.0 Å². The monoisotopic (exact) mass is 365 g/mol. The molecule has 0 spiro atoms. The van der Waals surface area contributed by atoms with Gasteiger partial charge in [0.25, 0.3) is 11.1 Å². The Morgan fingerprint density at radius 2 is 1.96 bits per heavy atom. The predicted molar refractivity (Wildman–Crippen MR) is 93.5 cm³/mol. The first-order chi connectivity index (χ1) is 12.0. The van der Waals surface area contributed by atoms with Crippen molar-refractivity contribution in [2.24, 2.45) is 0 Å². The molecule has 8 heteroatoms. The van der Waals surface area contributed by atoms with E-state index in [1.165, 1.54) is 12.0 Å². The number of esters is 1. The molecule has 2 rings (SSSR count). The molecule has 1 aliphatic rings. The van der Waals surface area contributed by atoms with E-state index in [0.717, 1.165) is 11.8 Å². The van der Waals surface area contributed by atoms with Gasteiger partial charge in [0.1, 0.15) is 0 Å². The molecule has 0 radical (unpaired) electrons. The van der Waals surface area contributed by atoms with Crippen molar-refractivity contribution in [3.8, 4) is 11.5 Å². The van der Waals surface area contributed by atoms with E-state index in [9.17, 15) is 14.4 Å². The molecule has 0 saturated carbocycles. The fraction of sp³-hybridized carbons (Fsp3) is 0.353. The maximum absolute atomic E-state index is 12.1.